The molecule has 1 heterocycles. The molecule has 0 aliphatic rings. The molecule has 0 spiro atoms. The third-order valence-electron chi connectivity index (χ3n) is 2.73. The zero-order chi connectivity index (χ0) is 14.2. The second-order valence-corrected chi connectivity index (χ2v) is 4.67. The second kappa shape index (κ2) is 7.57. The van der Waals surface area contributed by atoms with Crippen LogP contribution >= 0.6 is 0 Å². The summed E-state index contributed by atoms with van der Waals surface area (Å²) in [5.74, 6) is 0. The first kappa shape index (κ1) is 14.4. The quantitative estimate of drug-likeness (QED) is 0.571. The van der Waals surface area contributed by atoms with Crippen molar-refractivity contribution in [3.05, 3.63) is 48.2 Å². The van der Waals surface area contributed by atoms with Gasteiger partial charge in [0, 0.05) is 18.7 Å². The highest BCUT2D eigenvalue weighted by atomic mass is 16.5. The van der Waals surface area contributed by atoms with E-state index >= 15 is 0 Å². The van der Waals surface area contributed by atoms with E-state index in [9.17, 15) is 0 Å². The summed E-state index contributed by atoms with van der Waals surface area (Å²) in [5.41, 5.74) is 3.90. The molecule has 0 unspecified atom stereocenters. The Morgan fingerprint density at radius 1 is 1.30 bits per heavy atom. The van der Waals surface area contributed by atoms with Crippen molar-refractivity contribution >= 4 is 0 Å². The lowest BCUT2D eigenvalue weighted by Crippen LogP contribution is -2.20. The van der Waals surface area contributed by atoms with Gasteiger partial charge in [0.25, 0.3) is 0 Å². The number of hydrogen-bond acceptors (Lipinski definition) is 4. The first-order valence-electron chi connectivity index (χ1n) is 6.65. The van der Waals surface area contributed by atoms with Crippen LogP contribution in [0.2, 0.25) is 0 Å². The molecule has 0 aliphatic heterocycles. The molecular weight excluding hydrogens is 252 g/mol. The van der Waals surface area contributed by atoms with Crippen LogP contribution in [0.4, 0.5) is 0 Å². The van der Waals surface area contributed by atoms with Crippen LogP contribution in [-0.2, 0) is 11.3 Å². The van der Waals surface area contributed by atoms with Gasteiger partial charge in [-0.3, -0.25) is 0 Å². The van der Waals surface area contributed by atoms with E-state index in [2.05, 4.69) is 27.3 Å². The lowest BCUT2D eigenvalue weighted by Gasteiger charge is -2.05. The third kappa shape index (κ3) is 4.29. The van der Waals surface area contributed by atoms with E-state index in [4.69, 9.17) is 4.74 Å². The summed E-state index contributed by atoms with van der Waals surface area (Å²) in [6.07, 6.45) is 0. The molecule has 2 rings (SSSR count). The fraction of sp³-hybridized carbons (Fsp3) is 0.333. The molecule has 0 atom stereocenters. The lowest BCUT2D eigenvalue weighted by atomic mass is 10.1. The van der Waals surface area contributed by atoms with Crippen molar-refractivity contribution in [2.75, 3.05) is 19.8 Å². The van der Waals surface area contributed by atoms with Crippen molar-refractivity contribution < 1.29 is 4.74 Å². The second-order valence-electron chi connectivity index (χ2n) is 4.67. The number of benzene rings is 1. The van der Waals surface area contributed by atoms with Crippen molar-refractivity contribution in [3.63, 3.8) is 0 Å². The van der Waals surface area contributed by atoms with Crippen LogP contribution in [0.25, 0.3) is 11.3 Å². The smallest absolute Gasteiger partial charge is 0.117 e. The minimum absolute atomic E-state index is 0.612. The highest BCUT2D eigenvalue weighted by Crippen LogP contribution is 2.18. The molecule has 0 saturated carbocycles. The summed E-state index contributed by atoms with van der Waals surface area (Å²) < 4.78 is 5.42. The standard InChI is InChI=1S/C15H20N4O/c1-12(2)11-20-9-8-16-10-14-15(18-19-17-14)13-6-4-3-5-7-13/h3-7,16H,1,8-11H2,2H3,(H,17,18,19). The lowest BCUT2D eigenvalue weighted by molar-refractivity contribution is 0.157. The maximum atomic E-state index is 5.42. The Morgan fingerprint density at radius 2 is 2.10 bits per heavy atom. The summed E-state index contributed by atoms with van der Waals surface area (Å²) >= 11 is 0. The molecule has 20 heavy (non-hydrogen) atoms. The molecule has 0 amide bonds. The molecule has 0 radical (unpaired) electrons. The molecule has 0 aliphatic carbocycles. The van der Waals surface area contributed by atoms with Crippen molar-refractivity contribution in [1.82, 2.24) is 20.7 Å². The Balaban J connectivity index is 1.80. The number of ether oxygens (including phenoxy) is 1. The van der Waals surface area contributed by atoms with Crippen LogP contribution in [0.3, 0.4) is 0 Å². The Labute approximate surface area is 119 Å². The van der Waals surface area contributed by atoms with Crippen LogP contribution < -0.4 is 5.32 Å². The Hall–Kier alpha value is -1.98. The average molecular weight is 272 g/mol. The number of aromatic amines is 1. The van der Waals surface area contributed by atoms with Gasteiger partial charge in [-0.1, -0.05) is 42.5 Å². The monoisotopic (exact) mass is 272 g/mol. The molecule has 5 heteroatoms. The van der Waals surface area contributed by atoms with E-state index in [0.717, 1.165) is 29.1 Å². The minimum Gasteiger partial charge on any atom is -0.376 e. The van der Waals surface area contributed by atoms with Crippen LogP contribution in [0.15, 0.2) is 42.5 Å². The van der Waals surface area contributed by atoms with E-state index in [1.54, 1.807) is 0 Å². The van der Waals surface area contributed by atoms with Crippen molar-refractivity contribution in [2.45, 2.75) is 13.5 Å². The van der Waals surface area contributed by atoms with Gasteiger partial charge in [-0.2, -0.15) is 15.4 Å². The maximum absolute atomic E-state index is 5.42. The largest absolute Gasteiger partial charge is 0.376 e. The number of aromatic nitrogens is 3. The number of hydrogen-bond donors (Lipinski definition) is 2. The summed E-state index contributed by atoms with van der Waals surface area (Å²) in [7, 11) is 0. The molecule has 0 bridgehead atoms. The minimum atomic E-state index is 0.612. The zero-order valence-electron chi connectivity index (χ0n) is 11.7. The predicted octanol–water partition coefficient (Wildman–Crippen LogP) is 2.15. The summed E-state index contributed by atoms with van der Waals surface area (Å²) in [6, 6.07) is 10.0. The normalized spacial score (nSPS) is 10.7. The van der Waals surface area contributed by atoms with Crippen LogP contribution in [-0.4, -0.2) is 35.2 Å². The van der Waals surface area contributed by atoms with Gasteiger partial charge in [0.05, 0.1) is 13.2 Å². The van der Waals surface area contributed by atoms with Crippen LogP contribution in [0, 0.1) is 0 Å². The summed E-state index contributed by atoms with van der Waals surface area (Å²) in [5, 5.41) is 14.4. The number of H-pyrrole nitrogens is 1. The van der Waals surface area contributed by atoms with E-state index in [0.29, 0.717) is 19.8 Å². The molecule has 1 aromatic carbocycles. The van der Waals surface area contributed by atoms with E-state index < -0.39 is 0 Å². The third-order valence-corrected chi connectivity index (χ3v) is 2.73. The van der Waals surface area contributed by atoms with Gasteiger partial charge in [0.15, 0.2) is 0 Å². The topological polar surface area (TPSA) is 62.8 Å². The number of nitrogens with zero attached hydrogens (tertiary/aromatic N) is 2. The van der Waals surface area contributed by atoms with Crippen molar-refractivity contribution in [2.24, 2.45) is 0 Å². The molecule has 1 aromatic heterocycles. The predicted molar refractivity (Wildman–Crippen MR) is 79.2 cm³/mol. The molecule has 5 nitrogen and oxygen atoms in total. The van der Waals surface area contributed by atoms with Gasteiger partial charge in [0.2, 0.25) is 0 Å². The Morgan fingerprint density at radius 3 is 2.85 bits per heavy atom. The Kier molecular flexibility index (Phi) is 5.46. The highest BCUT2D eigenvalue weighted by molar-refractivity contribution is 5.60. The zero-order valence-corrected chi connectivity index (χ0v) is 11.7. The average Bonchev–Trinajstić information content (AvgIpc) is 2.92. The summed E-state index contributed by atoms with van der Waals surface area (Å²) in [6.45, 7) is 8.45. The van der Waals surface area contributed by atoms with Gasteiger partial charge in [-0.15, -0.1) is 0 Å². The van der Waals surface area contributed by atoms with Gasteiger partial charge in [-0.25, -0.2) is 0 Å². The first-order valence-corrected chi connectivity index (χ1v) is 6.65. The van der Waals surface area contributed by atoms with Crippen molar-refractivity contribution in [3.8, 4) is 11.3 Å². The molecule has 0 saturated heterocycles. The molecule has 0 fully saturated rings. The first-order chi connectivity index (χ1) is 9.77. The van der Waals surface area contributed by atoms with E-state index in [-0.39, 0.29) is 0 Å². The molecule has 106 valence electrons. The number of rotatable bonds is 8. The van der Waals surface area contributed by atoms with Crippen LogP contribution in [0.1, 0.15) is 12.6 Å². The fourth-order valence-electron chi connectivity index (χ4n) is 1.80. The van der Waals surface area contributed by atoms with Gasteiger partial charge >= 0.3 is 0 Å². The SMILES string of the molecule is C=C(C)COCCNCc1n[nH]nc1-c1ccccc1. The van der Waals surface area contributed by atoms with Crippen LogP contribution in [0.5, 0.6) is 0 Å². The van der Waals surface area contributed by atoms with E-state index in [1.807, 2.05) is 37.3 Å². The number of nitrogens with one attached hydrogen (secondary N) is 2. The van der Waals surface area contributed by atoms with Crippen molar-refractivity contribution in [1.29, 1.82) is 0 Å². The molecule has 2 aromatic rings. The van der Waals surface area contributed by atoms with E-state index in [1.165, 1.54) is 0 Å². The Bertz CT molecular complexity index is 536. The summed E-state index contributed by atoms with van der Waals surface area (Å²) in [4.78, 5) is 0. The van der Waals surface area contributed by atoms with Gasteiger partial charge in [0.1, 0.15) is 11.4 Å². The fourth-order valence-corrected chi connectivity index (χ4v) is 1.80. The highest BCUT2D eigenvalue weighted by Gasteiger charge is 2.08. The maximum Gasteiger partial charge on any atom is 0.117 e. The molecular formula is C15H20N4O. The van der Waals surface area contributed by atoms with Gasteiger partial charge < -0.3 is 10.1 Å². The van der Waals surface area contributed by atoms with Gasteiger partial charge in [-0.05, 0) is 6.92 Å². The molecule has 2 N–H and O–H groups in total.